The Labute approximate surface area is 181 Å². The molecular formula is C17H21F3N4O3S3. The molecule has 1 aromatic carbocycles. The molecule has 0 aliphatic carbocycles. The van der Waals surface area contributed by atoms with Crippen LogP contribution in [0, 0.1) is 5.92 Å². The summed E-state index contributed by atoms with van der Waals surface area (Å²) in [6, 6.07) is 2.48. The molecule has 0 aliphatic heterocycles. The third kappa shape index (κ3) is 6.57. The van der Waals surface area contributed by atoms with E-state index in [-0.39, 0.29) is 10.8 Å². The average molecular weight is 483 g/mol. The molecule has 0 spiro atoms. The Morgan fingerprint density at radius 3 is 2.50 bits per heavy atom. The van der Waals surface area contributed by atoms with Gasteiger partial charge in [0.1, 0.15) is 6.04 Å². The minimum atomic E-state index is -4.65. The van der Waals surface area contributed by atoms with Crippen molar-refractivity contribution in [2.45, 2.75) is 37.3 Å². The molecule has 1 heterocycles. The highest BCUT2D eigenvalue weighted by Gasteiger charge is 2.34. The number of anilines is 2. The first kappa shape index (κ1) is 24.4. The lowest BCUT2D eigenvalue weighted by Gasteiger charge is -2.28. The molecule has 0 saturated heterocycles. The van der Waals surface area contributed by atoms with E-state index in [9.17, 15) is 26.4 Å². The standard InChI is InChI=1S/C17H21F3N4O3S3/c1-10(2)9-28-16-23-22-15(29-16)21-14(25)11(3)24(30(4,26)27)13-7-5-6-12(8-13)17(18,19)20/h5-8,10-11H,9H2,1-4H3,(H,21,22,25)/t11-/m0/s1. The minimum absolute atomic E-state index is 0.176. The van der Waals surface area contributed by atoms with Crippen molar-refractivity contribution in [2.24, 2.45) is 5.92 Å². The quantitative estimate of drug-likeness (QED) is 0.450. The maximum absolute atomic E-state index is 13.0. The number of hydrogen-bond acceptors (Lipinski definition) is 7. The molecule has 7 nitrogen and oxygen atoms in total. The van der Waals surface area contributed by atoms with Gasteiger partial charge in [0.2, 0.25) is 21.1 Å². The number of carbonyl (C=O) groups excluding carboxylic acids is 1. The Kier molecular flexibility index (Phi) is 7.74. The van der Waals surface area contributed by atoms with Gasteiger partial charge in [-0.25, -0.2) is 8.42 Å². The molecule has 1 amide bonds. The summed E-state index contributed by atoms with van der Waals surface area (Å²) in [5, 5.41) is 10.5. The number of rotatable bonds is 8. The molecule has 0 fully saturated rings. The monoisotopic (exact) mass is 482 g/mol. The molecule has 166 valence electrons. The smallest absolute Gasteiger partial charge is 0.299 e. The van der Waals surface area contributed by atoms with Crippen molar-refractivity contribution in [1.82, 2.24) is 10.2 Å². The maximum atomic E-state index is 13.0. The number of hydrogen-bond donors (Lipinski definition) is 1. The number of nitrogens with zero attached hydrogens (tertiary/aromatic N) is 3. The van der Waals surface area contributed by atoms with Gasteiger partial charge >= 0.3 is 6.18 Å². The summed E-state index contributed by atoms with van der Waals surface area (Å²) < 4.78 is 64.9. The van der Waals surface area contributed by atoms with E-state index < -0.39 is 33.7 Å². The van der Waals surface area contributed by atoms with Crippen molar-refractivity contribution >= 4 is 49.8 Å². The highest BCUT2D eigenvalue weighted by molar-refractivity contribution is 8.01. The van der Waals surface area contributed by atoms with Crippen LogP contribution in [0.4, 0.5) is 24.0 Å². The number of amides is 1. The number of thioether (sulfide) groups is 1. The number of benzene rings is 1. The molecule has 0 bridgehead atoms. The number of aromatic nitrogens is 2. The van der Waals surface area contributed by atoms with Gasteiger partial charge in [0.05, 0.1) is 17.5 Å². The van der Waals surface area contributed by atoms with Crippen LogP contribution in [0.5, 0.6) is 0 Å². The SMILES string of the molecule is CC(C)CSc1nnc(NC(=O)[C@H](C)N(c2cccc(C(F)(F)F)c2)S(C)(=O)=O)s1. The first-order valence-corrected chi connectivity index (χ1v) is 12.4. The summed E-state index contributed by atoms with van der Waals surface area (Å²) in [6.07, 6.45) is -3.83. The van der Waals surface area contributed by atoms with E-state index in [4.69, 9.17) is 0 Å². The van der Waals surface area contributed by atoms with Crippen LogP contribution in [0.1, 0.15) is 26.3 Å². The Morgan fingerprint density at radius 2 is 1.93 bits per heavy atom. The van der Waals surface area contributed by atoms with Crippen LogP contribution in [0.15, 0.2) is 28.6 Å². The van der Waals surface area contributed by atoms with Crippen LogP contribution in [0.3, 0.4) is 0 Å². The number of carbonyl (C=O) groups is 1. The van der Waals surface area contributed by atoms with Crippen LogP contribution in [0.25, 0.3) is 0 Å². The summed E-state index contributed by atoms with van der Waals surface area (Å²) in [5.41, 5.74) is -1.28. The summed E-state index contributed by atoms with van der Waals surface area (Å²) in [5.74, 6) is 0.512. The fourth-order valence-electron chi connectivity index (χ4n) is 2.39. The van der Waals surface area contributed by atoms with Gasteiger partial charge in [0.15, 0.2) is 4.34 Å². The third-order valence-corrected chi connectivity index (χ3v) is 7.33. The van der Waals surface area contributed by atoms with Gasteiger partial charge < -0.3 is 0 Å². The fourth-order valence-corrected chi connectivity index (χ4v) is 5.29. The second-order valence-electron chi connectivity index (χ2n) is 6.85. The molecule has 1 atom stereocenters. The third-order valence-electron chi connectivity index (χ3n) is 3.69. The summed E-state index contributed by atoms with van der Waals surface area (Å²) in [6.45, 7) is 5.38. The van der Waals surface area contributed by atoms with Crippen molar-refractivity contribution in [2.75, 3.05) is 21.6 Å². The predicted molar refractivity (Wildman–Crippen MR) is 112 cm³/mol. The highest BCUT2D eigenvalue weighted by Crippen LogP contribution is 2.33. The van der Waals surface area contributed by atoms with Gasteiger partial charge in [-0.3, -0.25) is 14.4 Å². The lowest BCUT2D eigenvalue weighted by Crippen LogP contribution is -2.45. The van der Waals surface area contributed by atoms with Crippen LogP contribution >= 0.6 is 23.1 Å². The summed E-state index contributed by atoms with van der Waals surface area (Å²) >= 11 is 2.61. The van der Waals surface area contributed by atoms with Crippen LogP contribution < -0.4 is 9.62 Å². The lowest BCUT2D eigenvalue weighted by atomic mass is 10.2. The molecule has 2 rings (SSSR count). The first-order valence-electron chi connectivity index (χ1n) is 8.73. The van der Waals surface area contributed by atoms with Crippen LogP contribution in [0.2, 0.25) is 0 Å². The predicted octanol–water partition coefficient (Wildman–Crippen LogP) is 4.10. The van der Waals surface area contributed by atoms with Crippen molar-refractivity contribution in [1.29, 1.82) is 0 Å². The Morgan fingerprint density at radius 1 is 1.27 bits per heavy atom. The highest BCUT2D eigenvalue weighted by atomic mass is 32.2. The molecular weight excluding hydrogens is 461 g/mol. The normalized spacial score (nSPS) is 13.3. The van der Waals surface area contributed by atoms with Gasteiger partial charge in [-0.1, -0.05) is 43.0 Å². The fraction of sp³-hybridized carbons (Fsp3) is 0.471. The molecule has 0 unspecified atom stereocenters. The maximum Gasteiger partial charge on any atom is 0.416 e. The average Bonchev–Trinajstić information content (AvgIpc) is 3.05. The second-order valence-corrected chi connectivity index (χ2v) is 11.0. The van der Waals surface area contributed by atoms with E-state index >= 15 is 0 Å². The summed E-state index contributed by atoms with van der Waals surface area (Å²) in [7, 11) is -4.06. The number of alkyl halides is 3. The van der Waals surface area contributed by atoms with Gasteiger partial charge in [-0.15, -0.1) is 10.2 Å². The minimum Gasteiger partial charge on any atom is -0.299 e. The van der Waals surface area contributed by atoms with E-state index in [1.165, 1.54) is 24.8 Å². The summed E-state index contributed by atoms with van der Waals surface area (Å²) in [4.78, 5) is 12.6. The molecule has 1 N–H and O–H groups in total. The molecule has 2 aromatic rings. The molecule has 1 aromatic heterocycles. The first-order chi connectivity index (χ1) is 13.8. The van der Waals surface area contributed by atoms with E-state index in [1.54, 1.807) is 0 Å². The van der Waals surface area contributed by atoms with Crippen molar-refractivity contribution in [3.63, 3.8) is 0 Å². The van der Waals surface area contributed by atoms with Gasteiger partial charge in [-0.05, 0) is 31.0 Å². The van der Waals surface area contributed by atoms with Crippen molar-refractivity contribution in [3.8, 4) is 0 Å². The molecule has 0 aliphatic rings. The van der Waals surface area contributed by atoms with E-state index in [2.05, 4.69) is 15.5 Å². The molecule has 13 heteroatoms. The lowest BCUT2D eigenvalue weighted by molar-refractivity contribution is -0.137. The Bertz CT molecular complexity index is 993. The van der Waals surface area contributed by atoms with E-state index in [0.29, 0.717) is 20.6 Å². The Hall–Kier alpha value is -1.86. The Balaban J connectivity index is 2.24. The van der Waals surface area contributed by atoms with Crippen LogP contribution in [-0.4, -0.2) is 42.6 Å². The zero-order valence-electron chi connectivity index (χ0n) is 16.6. The van der Waals surface area contributed by atoms with Gasteiger partial charge in [-0.2, -0.15) is 13.2 Å². The topological polar surface area (TPSA) is 92.3 Å². The largest absolute Gasteiger partial charge is 0.416 e. The molecule has 30 heavy (non-hydrogen) atoms. The zero-order chi connectivity index (χ0) is 22.7. The van der Waals surface area contributed by atoms with E-state index in [1.807, 2.05) is 13.8 Å². The molecule has 0 saturated carbocycles. The number of sulfonamides is 1. The van der Waals surface area contributed by atoms with Crippen molar-refractivity contribution in [3.05, 3.63) is 29.8 Å². The van der Waals surface area contributed by atoms with Crippen molar-refractivity contribution < 1.29 is 26.4 Å². The number of nitrogens with one attached hydrogen (secondary N) is 1. The zero-order valence-corrected chi connectivity index (χ0v) is 19.0. The number of halogens is 3. The van der Waals surface area contributed by atoms with Gasteiger partial charge in [0, 0.05) is 5.75 Å². The molecule has 0 radical (unpaired) electrons. The second kappa shape index (κ2) is 9.52. The van der Waals surface area contributed by atoms with Crippen LogP contribution in [-0.2, 0) is 21.0 Å². The van der Waals surface area contributed by atoms with Gasteiger partial charge in [0.25, 0.3) is 0 Å². The van der Waals surface area contributed by atoms with E-state index in [0.717, 1.165) is 35.5 Å².